The molecular weight excluding hydrogens is 248 g/mol. The van der Waals surface area contributed by atoms with Crippen LogP contribution in [0.25, 0.3) is 0 Å². The largest absolute Gasteiger partial charge is 0.456 e. The number of ether oxygens (including phenoxy) is 1. The quantitative estimate of drug-likeness (QED) is 0.804. The third-order valence-corrected chi connectivity index (χ3v) is 3.31. The lowest BCUT2D eigenvalue weighted by Crippen LogP contribution is -2.03. The molecule has 104 valence electrons. The van der Waals surface area contributed by atoms with Crippen molar-refractivity contribution < 1.29 is 4.74 Å². The summed E-state index contributed by atoms with van der Waals surface area (Å²) in [6, 6.07) is 0. The van der Waals surface area contributed by atoms with E-state index in [0.717, 1.165) is 29.2 Å². The SMILES string of the molecule is CN=C1C=C(C)C(=N)CC=C1OC1=CCC=C(C)C=C1. The van der Waals surface area contributed by atoms with Crippen LogP contribution in [0.4, 0.5) is 0 Å². The number of nitrogens with one attached hydrogen (secondary N) is 1. The summed E-state index contributed by atoms with van der Waals surface area (Å²) < 4.78 is 5.97. The first kappa shape index (κ1) is 14.3. The molecule has 0 aromatic carbocycles. The van der Waals surface area contributed by atoms with Crippen molar-refractivity contribution in [3.63, 3.8) is 0 Å². The first-order chi connectivity index (χ1) is 9.60. The van der Waals surface area contributed by atoms with Gasteiger partial charge in [-0.1, -0.05) is 17.7 Å². The Morgan fingerprint density at radius 2 is 1.95 bits per heavy atom. The lowest BCUT2D eigenvalue weighted by atomic mass is 10.1. The minimum absolute atomic E-state index is 0.574. The minimum atomic E-state index is 0.574. The molecular formula is C17H20N2O. The van der Waals surface area contributed by atoms with E-state index in [9.17, 15) is 0 Å². The van der Waals surface area contributed by atoms with Crippen molar-refractivity contribution in [2.75, 3.05) is 7.05 Å². The van der Waals surface area contributed by atoms with E-state index in [4.69, 9.17) is 10.1 Å². The second-order valence-electron chi connectivity index (χ2n) is 4.91. The second kappa shape index (κ2) is 6.33. The number of aliphatic imine (C=N–C) groups is 1. The summed E-state index contributed by atoms with van der Waals surface area (Å²) in [5.74, 6) is 1.55. The van der Waals surface area contributed by atoms with Gasteiger partial charge in [-0.3, -0.25) is 4.99 Å². The van der Waals surface area contributed by atoms with E-state index in [1.165, 1.54) is 5.57 Å². The molecule has 1 N–H and O–H groups in total. The molecule has 20 heavy (non-hydrogen) atoms. The maximum Gasteiger partial charge on any atom is 0.148 e. The van der Waals surface area contributed by atoms with Gasteiger partial charge in [-0.2, -0.15) is 0 Å². The predicted octanol–water partition coefficient (Wildman–Crippen LogP) is 4.12. The highest BCUT2D eigenvalue weighted by atomic mass is 16.5. The Bertz CT molecular complexity index is 598. The molecule has 3 nitrogen and oxygen atoms in total. The fraction of sp³-hybridized carbons (Fsp3) is 0.294. The Labute approximate surface area is 120 Å². The summed E-state index contributed by atoms with van der Waals surface area (Å²) in [6.45, 7) is 4.01. The first-order valence-corrected chi connectivity index (χ1v) is 6.76. The molecule has 0 aromatic heterocycles. The van der Waals surface area contributed by atoms with Crippen molar-refractivity contribution in [3.8, 4) is 0 Å². The second-order valence-corrected chi connectivity index (χ2v) is 4.91. The number of hydrogen-bond acceptors (Lipinski definition) is 3. The summed E-state index contributed by atoms with van der Waals surface area (Å²) in [6.07, 6.45) is 13.5. The van der Waals surface area contributed by atoms with Crippen LogP contribution in [-0.2, 0) is 4.74 Å². The van der Waals surface area contributed by atoms with Gasteiger partial charge >= 0.3 is 0 Å². The summed E-state index contributed by atoms with van der Waals surface area (Å²) >= 11 is 0. The zero-order valence-corrected chi connectivity index (χ0v) is 12.2. The molecule has 0 heterocycles. The van der Waals surface area contributed by atoms with E-state index in [1.807, 2.05) is 37.3 Å². The Morgan fingerprint density at radius 1 is 1.15 bits per heavy atom. The van der Waals surface area contributed by atoms with Crippen molar-refractivity contribution >= 4 is 11.4 Å². The van der Waals surface area contributed by atoms with Crippen molar-refractivity contribution in [1.29, 1.82) is 5.41 Å². The van der Waals surface area contributed by atoms with Gasteiger partial charge in [0.2, 0.25) is 0 Å². The normalized spacial score (nSPS) is 21.6. The van der Waals surface area contributed by atoms with E-state index in [0.29, 0.717) is 12.1 Å². The maximum absolute atomic E-state index is 7.91. The van der Waals surface area contributed by atoms with Crippen LogP contribution in [0.1, 0.15) is 26.7 Å². The molecule has 0 saturated carbocycles. The van der Waals surface area contributed by atoms with Crippen molar-refractivity contribution in [1.82, 2.24) is 0 Å². The van der Waals surface area contributed by atoms with Crippen LogP contribution in [0.2, 0.25) is 0 Å². The Hall–Kier alpha value is -2.16. The smallest absolute Gasteiger partial charge is 0.148 e. The van der Waals surface area contributed by atoms with Gasteiger partial charge in [0.1, 0.15) is 11.5 Å². The third kappa shape index (κ3) is 3.44. The molecule has 2 aliphatic rings. The molecule has 3 heteroatoms. The van der Waals surface area contributed by atoms with Gasteiger partial charge in [-0.15, -0.1) is 0 Å². The van der Waals surface area contributed by atoms with Gasteiger partial charge in [-0.25, -0.2) is 0 Å². The van der Waals surface area contributed by atoms with E-state index in [2.05, 4.69) is 18.0 Å². The minimum Gasteiger partial charge on any atom is -0.456 e. The number of rotatable bonds is 2. The molecule has 0 saturated heterocycles. The van der Waals surface area contributed by atoms with Crippen LogP contribution < -0.4 is 0 Å². The van der Waals surface area contributed by atoms with Crippen LogP contribution in [-0.4, -0.2) is 18.5 Å². The van der Waals surface area contributed by atoms with E-state index in [1.54, 1.807) is 7.05 Å². The van der Waals surface area contributed by atoms with Gasteiger partial charge in [0.25, 0.3) is 0 Å². The Kier molecular flexibility index (Phi) is 4.51. The number of hydrogen-bond donors (Lipinski definition) is 1. The van der Waals surface area contributed by atoms with Crippen LogP contribution in [0.5, 0.6) is 0 Å². The van der Waals surface area contributed by atoms with Gasteiger partial charge in [-0.05, 0) is 50.1 Å². The fourth-order valence-corrected chi connectivity index (χ4v) is 2.01. The van der Waals surface area contributed by atoms with Crippen LogP contribution >= 0.6 is 0 Å². The van der Waals surface area contributed by atoms with Gasteiger partial charge < -0.3 is 10.1 Å². The highest BCUT2D eigenvalue weighted by Gasteiger charge is 2.14. The number of nitrogens with zero attached hydrogens (tertiary/aromatic N) is 1. The monoisotopic (exact) mass is 268 g/mol. The number of allylic oxidation sites excluding steroid dienone is 8. The van der Waals surface area contributed by atoms with Crippen molar-refractivity contribution in [2.45, 2.75) is 26.7 Å². The van der Waals surface area contributed by atoms with E-state index in [-0.39, 0.29) is 0 Å². The lowest BCUT2D eigenvalue weighted by molar-refractivity contribution is 0.342. The van der Waals surface area contributed by atoms with Crippen molar-refractivity contribution in [2.24, 2.45) is 4.99 Å². The Morgan fingerprint density at radius 3 is 2.70 bits per heavy atom. The Balaban J connectivity index is 2.22. The third-order valence-electron chi connectivity index (χ3n) is 3.31. The maximum atomic E-state index is 7.91. The molecule has 0 spiro atoms. The van der Waals surface area contributed by atoms with Crippen LogP contribution in [0, 0.1) is 5.41 Å². The summed E-state index contributed by atoms with van der Waals surface area (Å²) in [5.41, 5.74) is 3.56. The zero-order valence-electron chi connectivity index (χ0n) is 12.2. The van der Waals surface area contributed by atoms with Crippen molar-refractivity contribution in [3.05, 3.63) is 59.1 Å². The van der Waals surface area contributed by atoms with Gasteiger partial charge in [0.05, 0.1) is 5.71 Å². The standard InChI is InChI=1S/C17H20N2O/c1-12-5-4-6-14(8-7-12)20-17-10-9-15(18)13(2)11-16(17)19-3/h5-8,10-11,18H,4,9H2,1-3H3. The summed E-state index contributed by atoms with van der Waals surface area (Å²) in [5, 5.41) is 7.91. The molecule has 0 unspecified atom stereocenters. The summed E-state index contributed by atoms with van der Waals surface area (Å²) in [7, 11) is 1.74. The molecule has 0 bridgehead atoms. The lowest BCUT2D eigenvalue weighted by Gasteiger charge is -2.10. The fourth-order valence-electron chi connectivity index (χ4n) is 2.01. The van der Waals surface area contributed by atoms with Crippen LogP contribution in [0.3, 0.4) is 0 Å². The molecule has 2 aliphatic carbocycles. The molecule has 0 amide bonds. The average molecular weight is 268 g/mol. The van der Waals surface area contributed by atoms with E-state index < -0.39 is 0 Å². The molecule has 0 aromatic rings. The average Bonchev–Trinajstić information content (AvgIpc) is 2.71. The highest BCUT2D eigenvalue weighted by Crippen LogP contribution is 2.19. The molecule has 0 atom stereocenters. The topological polar surface area (TPSA) is 45.4 Å². The molecule has 2 rings (SSSR count). The zero-order chi connectivity index (χ0) is 14.5. The first-order valence-electron chi connectivity index (χ1n) is 6.76. The molecule has 0 fully saturated rings. The highest BCUT2D eigenvalue weighted by molar-refractivity contribution is 6.14. The summed E-state index contributed by atoms with van der Waals surface area (Å²) in [4.78, 5) is 4.26. The van der Waals surface area contributed by atoms with Gasteiger partial charge in [0.15, 0.2) is 0 Å². The molecule has 0 radical (unpaired) electrons. The molecule has 0 aliphatic heterocycles. The van der Waals surface area contributed by atoms with Gasteiger partial charge in [0, 0.05) is 19.2 Å². The van der Waals surface area contributed by atoms with E-state index >= 15 is 0 Å². The van der Waals surface area contributed by atoms with Crippen LogP contribution in [0.15, 0.2) is 64.1 Å². The predicted molar refractivity (Wildman–Crippen MR) is 84.2 cm³/mol.